The fourth-order valence-electron chi connectivity index (χ4n) is 1.48. The zero-order valence-corrected chi connectivity index (χ0v) is 9.64. The molecule has 3 nitrogen and oxygen atoms in total. The van der Waals surface area contributed by atoms with Crippen molar-refractivity contribution in [3.05, 3.63) is 40.3 Å². The summed E-state index contributed by atoms with van der Waals surface area (Å²) in [6, 6.07) is 7.92. The summed E-state index contributed by atoms with van der Waals surface area (Å²) in [7, 11) is 0. The quantitative estimate of drug-likeness (QED) is 0.798. The molecule has 2 rings (SSSR count). The van der Waals surface area contributed by atoms with Crippen LogP contribution in [0.1, 0.15) is 18.1 Å². The first-order chi connectivity index (χ1) is 7.69. The highest BCUT2D eigenvalue weighted by molar-refractivity contribution is 8.18. The SMILES string of the molecule is CCc1cccc(/C=C2\SC(=O)NC2=O)c1. The van der Waals surface area contributed by atoms with Crippen LogP contribution >= 0.6 is 11.8 Å². The number of amides is 2. The average molecular weight is 233 g/mol. The van der Waals surface area contributed by atoms with Crippen LogP contribution in [-0.4, -0.2) is 11.1 Å². The molecule has 0 aliphatic carbocycles. The molecule has 1 aliphatic heterocycles. The number of nitrogens with one attached hydrogen (secondary N) is 1. The van der Waals surface area contributed by atoms with Crippen molar-refractivity contribution >= 4 is 29.0 Å². The van der Waals surface area contributed by atoms with Gasteiger partial charge in [0.1, 0.15) is 0 Å². The second-order valence-corrected chi connectivity index (χ2v) is 4.47. The van der Waals surface area contributed by atoms with Crippen LogP contribution in [0.4, 0.5) is 4.79 Å². The van der Waals surface area contributed by atoms with Gasteiger partial charge in [-0.15, -0.1) is 0 Å². The maximum Gasteiger partial charge on any atom is 0.290 e. The zero-order chi connectivity index (χ0) is 11.5. The van der Waals surface area contributed by atoms with Gasteiger partial charge in [0, 0.05) is 0 Å². The Balaban J connectivity index is 2.28. The van der Waals surface area contributed by atoms with Crippen LogP contribution in [0.3, 0.4) is 0 Å². The van der Waals surface area contributed by atoms with Crippen molar-refractivity contribution < 1.29 is 9.59 Å². The minimum Gasteiger partial charge on any atom is -0.282 e. The monoisotopic (exact) mass is 233 g/mol. The third-order valence-corrected chi connectivity index (χ3v) is 3.11. The molecule has 1 aliphatic rings. The Morgan fingerprint density at radius 2 is 2.19 bits per heavy atom. The summed E-state index contributed by atoms with van der Waals surface area (Å²) in [5.74, 6) is -0.308. The molecule has 0 bridgehead atoms. The van der Waals surface area contributed by atoms with Gasteiger partial charge in [-0.2, -0.15) is 0 Å². The molecule has 1 aromatic rings. The normalized spacial score (nSPS) is 17.9. The number of carbonyl (C=O) groups excluding carboxylic acids is 2. The van der Waals surface area contributed by atoms with Crippen molar-refractivity contribution in [1.82, 2.24) is 5.32 Å². The average Bonchev–Trinajstić information content (AvgIpc) is 2.58. The van der Waals surface area contributed by atoms with Crippen molar-refractivity contribution in [2.24, 2.45) is 0 Å². The Morgan fingerprint density at radius 3 is 2.81 bits per heavy atom. The molecule has 2 amide bonds. The summed E-state index contributed by atoms with van der Waals surface area (Å²) >= 11 is 0.943. The topological polar surface area (TPSA) is 46.2 Å². The van der Waals surface area contributed by atoms with Crippen LogP contribution in [0.2, 0.25) is 0 Å². The summed E-state index contributed by atoms with van der Waals surface area (Å²) < 4.78 is 0. The fourth-order valence-corrected chi connectivity index (χ4v) is 2.16. The van der Waals surface area contributed by atoms with Crippen molar-refractivity contribution in [3.63, 3.8) is 0 Å². The second-order valence-electron chi connectivity index (χ2n) is 3.45. The number of imide groups is 1. The van der Waals surface area contributed by atoms with Gasteiger partial charge in [-0.25, -0.2) is 0 Å². The van der Waals surface area contributed by atoms with E-state index >= 15 is 0 Å². The number of hydrogen-bond donors (Lipinski definition) is 1. The maximum absolute atomic E-state index is 11.3. The molecule has 0 radical (unpaired) electrons. The van der Waals surface area contributed by atoms with E-state index in [-0.39, 0.29) is 11.1 Å². The Bertz CT molecular complexity index is 480. The lowest BCUT2D eigenvalue weighted by molar-refractivity contribution is -0.115. The van der Waals surface area contributed by atoms with Gasteiger partial charge in [0.2, 0.25) is 0 Å². The number of rotatable bonds is 2. The summed E-state index contributed by atoms with van der Waals surface area (Å²) in [6.07, 6.45) is 2.69. The smallest absolute Gasteiger partial charge is 0.282 e. The standard InChI is InChI=1S/C12H11NO2S/c1-2-8-4-3-5-9(6-8)7-10-11(14)13-12(15)16-10/h3-7H,2H2,1H3,(H,13,14,15)/b10-7-. The van der Waals surface area contributed by atoms with Crippen molar-refractivity contribution in [3.8, 4) is 0 Å². The molecule has 82 valence electrons. The molecule has 0 unspecified atom stereocenters. The predicted molar refractivity (Wildman–Crippen MR) is 64.9 cm³/mol. The first-order valence-electron chi connectivity index (χ1n) is 5.03. The van der Waals surface area contributed by atoms with Crippen molar-refractivity contribution in [1.29, 1.82) is 0 Å². The van der Waals surface area contributed by atoms with E-state index in [0.29, 0.717) is 4.91 Å². The van der Waals surface area contributed by atoms with Crippen LogP contribution in [0, 0.1) is 0 Å². The van der Waals surface area contributed by atoms with Crippen LogP contribution in [0.5, 0.6) is 0 Å². The van der Waals surface area contributed by atoms with Gasteiger partial charge in [-0.1, -0.05) is 31.2 Å². The van der Waals surface area contributed by atoms with E-state index in [4.69, 9.17) is 0 Å². The Kier molecular flexibility index (Phi) is 3.10. The highest BCUT2D eigenvalue weighted by Gasteiger charge is 2.24. The molecule has 0 atom stereocenters. The van der Waals surface area contributed by atoms with Crippen LogP contribution < -0.4 is 5.32 Å². The minimum atomic E-state index is -0.308. The van der Waals surface area contributed by atoms with Gasteiger partial charge < -0.3 is 0 Å². The van der Waals surface area contributed by atoms with E-state index in [1.807, 2.05) is 24.3 Å². The van der Waals surface area contributed by atoms with E-state index in [9.17, 15) is 9.59 Å². The minimum absolute atomic E-state index is 0.303. The van der Waals surface area contributed by atoms with Gasteiger partial charge in [0.15, 0.2) is 0 Å². The number of benzene rings is 1. The number of aryl methyl sites for hydroxylation is 1. The first-order valence-corrected chi connectivity index (χ1v) is 5.84. The largest absolute Gasteiger partial charge is 0.290 e. The van der Waals surface area contributed by atoms with E-state index in [1.54, 1.807) is 6.08 Å². The van der Waals surface area contributed by atoms with E-state index in [1.165, 1.54) is 5.56 Å². The van der Waals surface area contributed by atoms with Crippen molar-refractivity contribution in [2.75, 3.05) is 0 Å². The van der Waals surface area contributed by atoms with Gasteiger partial charge in [0.05, 0.1) is 4.91 Å². The molecule has 4 heteroatoms. The van der Waals surface area contributed by atoms with Crippen molar-refractivity contribution in [2.45, 2.75) is 13.3 Å². The molecule has 0 spiro atoms. The van der Waals surface area contributed by atoms with Gasteiger partial charge in [-0.05, 0) is 35.4 Å². The molecular formula is C12H11NO2S. The molecule has 0 aromatic heterocycles. The Morgan fingerprint density at radius 1 is 1.38 bits per heavy atom. The fraction of sp³-hybridized carbons (Fsp3) is 0.167. The highest BCUT2D eigenvalue weighted by Crippen LogP contribution is 2.25. The third-order valence-electron chi connectivity index (χ3n) is 2.30. The molecule has 1 aromatic carbocycles. The zero-order valence-electron chi connectivity index (χ0n) is 8.82. The molecular weight excluding hydrogens is 222 g/mol. The van der Waals surface area contributed by atoms with Crippen LogP contribution in [-0.2, 0) is 11.2 Å². The molecule has 1 N–H and O–H groups in total. The highest BCUT2D eigenvalue weighted by atomic mass is 32.2. The Hall–Kier alpha value is -1.55. The second kappa shape index (κ2) is 4.53. The molecule has 1 heterocycles. The van der Waals surface area contributed by atoms with Gasteiger partial charge >= 0.3 is 0 Å². The number of carbonyl (C=O) groups is 2. The van der Waals surface area contributed by atoms with Crippen LogP contribution in [0.25, 0.3) is 6.08 Å². The Labute approximate surface area is 97.9 Å². The molecule has 1 fully saturated rings. The first kappa shape index (κ1) is 11.0. The lowest BCUT2D eigenvalue weighted by Crippen LogP contribution is -2.17. The van der Waals surface area contributed by atoms with E-state index < -0.39 is 0 Å². The third kappa shape index (κ3) is 2.33. The molecule has 0 saturated carbocycles. The summed E-state index contributed by atoms with van der Waals surface area (Å²) in [4.78, 5) is 22.7. The van der Waals surface area contributed by atoms with Gasteiger partial charge in [0.25, 0.3) is 11.1 Å². The summed E-state index contributed by atoms with van der Waals surface area (Å²) in [5.41, 5.74) is 2.16. The lowest BCUT2D eigenvalue weighted by Gasteiger charge is -1.98. The summed E-state index contributed by atoms with van der Waals surface area (Å²) in [5, 5.41) is 1.93. The predicted octanol–water partition coefficient (Wildman–Crippen LogP) is 2.57. The van der Waals surface area contributed by atoms with E-state index in [2.05, 4.69) is 12.2 Å². The number of hydrogen-bond acceptors (Lipinski definition) is 3. The van der Waals surface area contributed by atoms with E-state index in [0.717, 1.165) is 23.7 Å². The molecule has 16 heavy (non-hydrogen) atoms. The van der Waals surface area contributed by atoms with Gasteiger partial charge in [-0.3, -0.25) is 14.9 Å². The lowest BCUT2D eigenvalue weighted by atomic mass is 10.1. The summed E-state index contributed by atoms with van der Waals surface area (Å²) in [6.45, 7) is 2.08. The molecule has 1 saturated heterocycles. The maximum atomic E-state index is 11.3. The van der Waals surface area contributed by atoms with Crippen LogP contribution in [0.15, 0.2) is 29.2 Å². The number of thioether (sulfide) groups is 1.